The minimum atomic E-state index is -0.864. The first-order valence-electron chi connectivity index (χ1n) is 5.74. The number of carboxylic acid groups (broad SMARTS) is 1. The van der Waals surface area contributed by atoms with E-state index in [-0.39, 0.29) is 6.42 Å². The Labute approximate surface area is 108 Å². The Morgan fingerprint density at radius 1 is 1.21 bits per heavy atom. The van der Waals surface area contributed by atoms with Crippen molar-refractivity contribution >= 4 is 17.1 Å². The van der Waals surface area contributed by atoms with E-state index in [9.17, 15) is 4.79 Å². The Morgan fingerprint density at radius 2 is 2.00 bits per heavy atom. The van der Waals surface area contributed by atoms with E-state index in [4.69, 9.17) is 9.52 Å². The Bertz CT molecular complexity index is 735. The number of aliphatic carboxylic acids is 1. The Hall–Kier alpha value is -2.69. The molecule has 0 aliphatic carbocycles. The first-order chi connectivity index (χ1) is 9.22. The normalized spacial score (nSPS) is 10.7. The molecule has 3 aromatic rings. The SMILES string of the molecule is O=C(O)Cc1ccc2oc(-c3ccncc3)nc2c1. The van der Waals surface area contributed by atoms with Crippen LogP contribution in [-0.4, -0.2) is 21.0 Å². The van der Waals surface area contributed by atoms with Gasteiger partial charge in [-0.1, -0.05) is 6.07 Å². The van der Waals surface area contributed by atoms with Crippen molar-refractivity contribution in [3.05, 3.63) is 48.3 Å². The zero-order valence-electron chi connectivity index (χ0n) is 9.91. The van der Waals surface area contributed by atoms with Crippen LogP contribution in [0.5, 0.6) is 0 Å². The summed E-state index contributed by atoms with van der Waals surface area (Å²) in [7, 11) is 0. The maximum atomic E-state index is 10.7. The zero-order chi connectivity index (χ0) is 13.2. The molecule has 5 nitrogen and oxygen atoms in total. The monoisotopic (exact) mass is 254 g/mol. The number of benzene rings is 1. The second kappa shape index (κ2) is 4.53. The third kappa shape index (κ3) is 2.30. The maximum absolute atomic E-state index is 10.7. The number of oxazole rings is 1. The number of hydrogen-bond donors (Lipinski definition) is 1. The van der Waals surface area contributed by atoms with Gasteiger partial charge in [0.25, 0.3) is 0 Å². The molecule has 0 amide bonds. The average Bonchev–Trinajstić information content (AvgIpc) is 2.82. The summed E-state index contributed by atoms with van der Waals surface area (Å²) in [5, 5.41) is 8.77. The van der Waals surface area contributed by atoms with E-state index < -0.39 is 5.97 Å². The largest absolute Gasteiger partial charge is 0.481 e. The molecule has 1 aromatic carbocycles. The highest BCUT2D eigenvalue weighted by Gasteiger charge is 2.09. The van der Waals surface area contributed by atoms with Gasteiger partial charge in [0.05, 0.1) is 6.42 Å². The molecule has 3 rings (SSSR count). The third-order valence-corrected chi connectivity index (χ3v) is 2.73. The zero-order valence-corrected chi connectivity index (χ0v) is 9.91. The van der Waals surface area contributed by atoms with Crippen LogP contribution in [0.25, 0.3) is 22.6 Å². The van der Waals surface area contributed by atoms with Crippen LogP contribution in [0.3, 0.4) is 0 Å². The molecular weight excluding hydrogens is 244 g/mol. The van der Waals surface area contributed by atoms with Gasteiger partial charge in [-0.05, 0) is 29.8 Å². The quantitative estimate of drug-likeness (QED) is 0.777. The van der Waals surface area contributed by atoms with Gasteiger partial charge < -0.3 is 9.52 Å². The molecule has 0 spiro atoms. The van der Waals surface area contributed by atoms with Crippen molar-refractivity contribution in [3.8, 4) is 11.5 Å². The van der Waals surface area contributed by atoms with Crippen molar-refractivity contribution in [1.82, 2.24) is 9.97 Å². The molecule has 0 bridgehead atoms. The first kappa shape index (κ1) is 11.4. The van der Waals surface area contributed by atoms with Gasteiger partial charge >= 0.3 is 5.97 Å². The summed E-state index contributed by atoms with van der Waals surface area (Å²) >= 11 is 0. The van der Waals surface area contributed by atoms with Crippen molar-refractivity contribution in [2.24, 2.45) is 0 Å². The van der Waals surface area contributed by atoms with Crippen molar-refractivity contribution in [2.45, 2.75) is 6.42 Å². The van der Waals surface area contributed by atoms with Crippen LogP contribution in [-0.2, 0) is 11.2 Å². The van der Waals surface area contributed by atoms with Gasteiger partial charge in [-0.25, -0.2) is 4.98 Å². The fourth-order valence-corrected chi connectivity index (χ4v) is 1.88. The highest BCUT2D eigenvalue weighted by Crippen LogP contribution is 2.24. The molecule has 5 heteroatoms. The first-order valence-corrected chi connectivity index (χ1v) is 5.74. The Balaban J connectivity index is 2.04. The molecule has 0 aliphatic heterocycles. The molecule has 0 aliphatic rings. The van der Waals surface area contributed by atoms with Gasteiger partial charge in [0.2, 0.25) is 5.89 Å². The molecule has 0 saturated carbocycles. The molecule has 0 unspecified atom stereocenters. The highest BCUT2D eigenvalue weighted by atomic mass is 16.4. The molecule has 94 valence electrons. The molecular formula is C14H10N2O3. The van der Waals surface area contributed by atoms with Gasteiger partial charge in [0, 0.05) is 18.0 Å². The molecule has 19 heavy (non-hydrogen) atoms. The minimum Gasteiger partial charge on any atom is -0.481 e. The van der Waals surface area contributed by atoms with Crippen molar-refractivity contribution in [3.63, 3.8) is 0 Å². The van der Waals surface area contributed by atoms with Crippen LogP contribution >= 0.6 is 0 Å². The molecule has 0 fully saturated rings. The third-order valence-electron chi connectivity index (χ3n) is 2.73. The predicted octanol–water partition coefficient (Wildman–Crippen LogP) is 2.52. The Kier molecular flexibility index (Phi) is 2.72. The van der Waals surface area contributed by atoms with Gasteiger partial charge in [-0.15, -0.1) is 0 Å². The van der Waals surface area contributed by atoms with Crippen molar-refractivity contribution < 1.29 is 14.3 Å². The van der Waals surface area contributed by atoms with Crippen LogP contribution < -0.4 is 0 Å². The van der Waals surface area contributed by atoms with E-state index in [1.54, 1.807) is 30.6 Å². The lowest BCUT2D eigenvalue weighted by molar-refractivity contribution is -0.136. The highest BCUT2D eigenvalue weighted by molar-refractivity contribution is 5.79. The molecule has 1 N–H and O–H groups in total. The van der Waals surface area contributed by atoms with Crippen LogP contribution in [0, 0.1) is 0 Å². The second-order valence-corrected chi connectivity index (χ2v) is 4.13. The number of aromatic nitrogens is 2. The minimum absolute atomic E-state index is 0.0204. The molecule has 0 saturated heterocycles. The number of carbonyl (C=O) groups is 1. The van der Waals surface area contributed by atoms with E-state index in [2.05, 4.69) is 9.97 Å². The number of hydrogen-bond acceptors (Lipinski definition) is 4. The van der Waals surface area contributed by atoms with Crippen LogP contribution in [0.15, 0.2) is 47.1 Å². The number of pyridine rings is 1. The van der Waals surface area contributed by atoms with Crippen molar-refractivity contribution in [2.75, 3.05) is 0 Å². The lowest BCUT2D eigenvalue weighted by Crippen LogP contribution is -1.99. The summed E-state index contributed by atoms with van der Waals surface area (Å²) in [6.45, 7) is 0. The van der Waals surface area contributed by atoms with E-state index in [0.717, 1.165) is 5.56 Å². The fourth-order valence-electron chi connectivity index (χ4n) is 1.88. The van der Waals surface area contributed by atoms with Crippen LogP contribution in [0.1, 0.15) is 5.56 Å². The lowest BCUT2D eigenvalue weighted by Gasteiger charge is -1.94. The van der Waals surface area contributed by atoms with E-state index in [0.29, 0.717) is 22.6 Å². The summed E-state index contributed by atoms with van der Waals surface area (Å²) in [6, 6.07) is 8.83. The topological polar surface area (TPSA) is 76.2 Å². The lowest BCUT2D eigenvalue weighted by atomic mass is 10.1. The number of nitrogens with zero attached hydrogens (tertiary/aromatic N) is 2. The standard InChI is InChI=1S/C14H10N2O3/c17-13(18)8-9-1-2-12-11(7-9)16-14(19-12)10-3-5-15-6-4-10/h1-7H,8H2,(H,17,18). The van der Waals surface area contributed by atoms with Crippen LogP contribution in [0.2, 0.25) is 0 Å². The number of fused-ring (bicyclic) bond motifs is 1. The van der Waals surface area contributed by atoms with Gasteiger partial charge in [0.1, 0.15) is 5.52 Å². The van der Waals surface area contributed by atoms with E-state index in [1.165, 1.54) is 0 Å². The maximum Gasteiger partial charge on any atom is 0.307 e. The molecule has 0 radical (unpaired) electrons. The summed E-state index contributed by atoms with van der Waals surface area (Å²) in [4.78, 5) is 19.0. The Morgan fingerprint density at radius 3 is 2.74 bits per heavy atom. The number of carboxylic acids is 1. The summed E-state index contributed by atoms with van der Waals surface area (Å²) < 4.78 is 5.63. The molecule has 2 aromatic heterocycles. The summed E-state index contributed by atoms with van der Waals surface area (Å²) in [5.74, 6) is -0.359. The van der Waals surface area contributed by atoms with E-state index >= 15 is 0 Å². The fraction of sp³-hybridized carbons (Fsp3) is 0.0714. The summed E-state index contributed by atoms with van der Waals surface area (Å²) in [6.07, 6.45) is 3.31. The second-order valence-electron chi connectivity index (χ2n) is 4.13. The van der Waals surface area contributed by atoms with Gasteiger partial charge in [0.15, 0.2) is 5.58 Å². The summed E-state index contributed by atoms with van der Waals surface area (Å²) in [5.41, 5.74) is 2.84. The molecule has 2 heterocycles. The van der Waals surface area contributed by atoms with Gasteiger partial charge in [-0.3, -0.25) is 9.78 Å². The smallest absolute Gasteiger partial charge is 0.307 e. The van der Waals surface area contributed by atoms with E-state index in [1.807, 2.05) is 12.1 Å². The van der Waals surface area contributed by atoms with Gasteiger partial charge in [-0.2, -0.15) is 0 Å². The van der Waals surface area contributed by atoms with Crippen LogP contribution in [0.4, 0.5) is 0 Å². The number of rotatable bonds is 3. The predicted molar refractivity (Wildman–Crippen MR) is 68.6 cm³/mol. The van der Waals surface area contributed by atoms with Crippen molar-refractivity contribution in [1.29, 1.82) is 0 Å². The average molecular weight is 254 g/mol. The molecule has 0 atom stereocenters.